The van der Waals surface area contributed by atoms with Crippen molar-refractivity contribution in [3.05, 3.63) is 23.8 Å². The van der Waals surface area contributed by atoms with E-state index in [-0.39, 0.29) is 5.92 Å². The van der Waals surface area contributed by atoms with Crippen molar-refractivity contribution < 1.29 is 14.3 Å². The molecule has 3 nitrogen and oxygen atoms in total. The van der Waals surface area contributed by atoms with E-state index in [1.165, 1.54) is 5.56 Å². The Morgan fingerprint density at radius 1 is 1.11 bits per heavy atom. The van der Waals surface area contributed by atoms with Gasteiger partial charge in [-0.1, -0.05) is 6.07 Å². The molecule has 0 spiro atoms. The van der Waals surface area contributed by atoms with Crippen molar-refractivity contribution in [3.63, 3.8) is 0 Å². The van der Waals surface area contributed by atoms with Crippen molar-refractivity contribution >= 4 is 5.78 Å². The third-order valence-corrected chi connectivity index (χ3v) is 4.17. The molecule has 1 aliphatic heterocycles. The molecule has 1 aromatic carbocycles. The fraction of sp³-hybridized carbons (Fsp3) is 0.533. The number of benzene rings is 1. The van der Waals surface area contributed by atoms with Crippen molar-refractivity contribution in [1.82, 2.24) is 0 Å². The second kappa shape index (κ2) is 4.63. The summed E-state index contributed by atoms with van der Waals surface area (Å²) in [5.74, 6) is 2.90. The molecule has 1 aromatic rings. The summed E-state index contributed by atoms with van der Waals surface area (Å²) in [5, 5.41) is 0. The van der Waals surface area contributed by atoms with Crippen molar-refractivity contribution in [2.45, 2.75) is 38.5 Å². The van der Waals surface area contributed by atoms with Gasteiger partial charge in [-0.25, -0.2) is 0 Å². The largest absolute Gasteiger partial charge is 0.454 e. The van der Waals surface area contributed by atoms with Gasteiger partial charge in [-0.3, -0.25) is 4.79 Å². The summed E-state index contributed by atoms with van der Waals surface area (Å²) in [4.78, 5) is 11.4. The molecule has 0 unspecified atom stereocenters. The lowest BCUT2D eigenvalue weighted by Gasteiger charge is -2.27. The first-order chi connectivity index (χ1) is 8.74. The molecule has 1 heterocycles. The van der Waals surface area contributed by atoms with Crippen LogP contribution in [0, 0.1) is 5.92 Å². The zero-order valence-corrected chi connectivity index (χ0v) is 10.6. The van der Waals surface area contributed by atoms with E-state index < -0.39 is 0 Å². The standard InChI is InChI=1S/C15H18O3/c1-10(16)11-2-4-12(5-3-11)13-6-7-14-15(8-13)18-9-17-14/h6-8,11-12H,2-5,9H2,1H3. The highest BCUT2D eigenvalue weighted by Gasteiger charge is 2.26. The Bertz CT molecular complexity index is 459. The molecule has 0 amide bonds. The molecular formula is C15H18O3. The summed E-state index contributed by atoms with van der Waals surface area (Å²) in [7, 11) is 0. The minimum absolute atomic E-state index is 0.287. The predicted molar refractivity (Wildman–Crippen MR) is 67.9 cm³/mol. The Balaban J connectivity index is 1.71. The van der Waals surface area contributed by atoms with Crippen LogP contribution in [0.15, 0.2) is 18.2 Å². The SMILES string of the molecule is CC(=O)C1CCC(c2ccc3c(c2)OCO3)CC1. The minimum atomic E-state index is 0.287. The maximum Gasteiger partial charge on any atom is 0.231 e. The van der Waals surface area contributed by atoms with E-state index >= 15 is 0 Å². The number of hydrogen-bond acceptors (Lipinski definition) is 3. The number of ketones is 1. The van der Waals surface area contributed by atoms with E-state index in [1.54, 1.807) is 6.92 Å². The van der Waals surface area contributed by atoms with Crippen molar-refractivity contribution in [1.29, 1.82) is 0 Å². The minimum Gasteiger partial charge on any atom is -0.454 e. The topological polar surface area (TPSA) is 35.5 Å². The molecule has 0 N–H and O–H groups in total. The Morgan fingerprint density at radius 2 is 1.83 bits per heavy atom. The Labute approximate surface area is 107 Å². The summed E-state index contributed by atoms with van der Waals surface area (Å²) in [6.45, 7) is 2.04. The molecule has 0 saturated heterocycles. The van der Waals surface area contributed by atoms with Crippen LogP contribution in [0.1, 0.15) is 44.1 Å². The van der Waals surface area contributed by atoms with Crippen LogP contribution in [-0.4, -0.2) is 12.6 Å². The molecule has 1 saturated carbocycles. The van der Waals surface area contributed by atoms with E-state index in [4.69, 9.17) is 9.47 Å². The lowest BCUT2D eigenvalue weighted by molar-refractivity contribution is -0.121. The van der Waals surface area contributed by atoms with Gasteiger partial charge in [-0.15, -0.1) is 0 Å². The van der Waals surface area contributed by atoms with Crippen LogP contribution >= 0.6 is 0 Å². The smallest absolute Gasteiger partial charge is 0.231 e. The third-order valence-electron chi connectivity index (χ3n) is 4.17. The lowest BCUT2D eigenvalue weighted by Crippen LogP contribution is -2.18. The summed E-state index contributed by atoms with van der Waals surface area (Å²) >= 11 is 0. The van der Waals surface area contributed by atoms with Gasteiger partial charge in [0.2, 0.25) is 6.79 Å². The second-order valence-electron chi connectivity index (χ2n) is 5.27. The number of Topliss-reactive ketones (excluding diaryl/α,β-unsaturated/α-hetero) is 1. The average Bonchev–Trinajstić information content (AvgIpc) is 2.86. The van der Waals surface area contributed by atoms with E-state index in [1.807, 2.05) is 6.07 Å². The summed E-state index contributed by atoms with van der Waals surface area (Å²) in [5.41, 5.74) is 1.32. The number of rotatable bonds is 2. The van der Waals surface area contributed by atoms with Crippen molar-refractivity contribution in [2.24, 2.45) is 5.92 Å². The van der Waals surface area contributed by atoms with Crippen LogP contribution < -0.4 is 9.47 Å². The number of carbonyl (C=O) groups is 1. The molecule has 0 radical (unpaired) electrons. The molecule has 0 aromatic heterocycles. The van der Waals surface area contributed by atoms with Crippen LogP contribution in [0.25, 0.3) is 0 Å². The predicted octanol–water partition coefficient (Wildman–Crippen LogP) is 3.28. The number of carbonyl (C=O) groups excluding carboxylic acids is 1. The van der Waals surface area contributed by atoms with E-state index in [0.717, 1.165) is 37.2 Å². The van der Waals surface area contributed by atoms with Gasteiger partial charge in [0.1, 0.15) is 5.78 Å². The van der Waals surface area contributed by atoms with E-state index in [0.29, 0.717) is 18.5 Å². The number of hydrogen-bond donors (Lipinski definition) is 0. The first kappa shape index (κ1) is 11.6. The second-order valence-corrected chi connectivity index (χ2v) is 5.27. The van der Waals surface area contributed by atoms with Gasteiger partial charge in [0.25, 0.3) is 0 Å². The summed E-state index contributed by atoms with van der Waals surface area (Å²) < 4.78 is 10.7. The van der Waals surface area contributed by atoms with Crippen molar-refractivity contribution in [3.8, 4) is 11.5 Å². The molecule has 3 rings (SSSR count). The Hall–Kier alpha value is -1.51. The highest BCUT2D eigenvalue weighted by atomic mass is 16.7. The fourth-order valence-corrected chi connectivity index (χ4v) is 3.00. The Kier molecular flexibility index (Phi) is 2.98. The lowest BCUT2D eigenvalue weighted by atomic mass is 9.77. The summed E-state index contributed by atoms with van der Waals surface area (Å²) in [6, 6.07) is 6.22. The highest BCUT2D eigenvalue weighted by molar-refractivity contribution is 5.78. The van der Waals surface area contributed by atoms with Gasteiger partial charge >= 0.3 is 0 Å². The van der Waals surface area contributed by atoms with E-state index in [9.17, 15) is 4.79 Å². The zero-order valence-electron chi connectivity index (χ0n) is 10.6. The quantitative estimate of drug-likeness (QED) is 0.803. The van der Waals surface area contributed by atoms with Gasteiger partial charge in [0, 0.05) is 5.92 Å². The van der Waals surface area contributed by atoms with Crippen LogP contribution in [0.2, 0.25) is 0 Å². The Morgan fingerprint density at radius 3 is 2.56 bits per heavy atom. The first-order valence-corrected chi connectivity index (χ1v) is 6.64. The molecular weight excluding hydrogens is 228 g/mol. The molecule has 1 fully saturated rings. The first-order valence-electron chi connectivity index (χ1n) is 6.64. The molecule has 96 valence electrons. The van der Waals surface area contributed by atoms with Gasteiger partial charge < -0.3 is 9.47 Å². The van der Waals surface area contributed by atoms with E-state index in [2.05, 4.69) is 12.1 Å². The zero-order chi connectivity index (χ0) is 12.5. The molecule has 0 atom stereocenters. The molecule has 0 bridgehead atoms. The van der Waals surface area contributed by atoms with Gasteiger partial charge in [0.05, 0.1) is 0 Å². The number of ether oxygens (including phenoxy) is 2. The van der Waals surface area contributed by atoms with Gasteiger partial charge in [0.15, 0.2) is 11.5 Å². The van der Waals surface area contributed by atoms with Gasteiger partial charge in [-0.2, -0.15) is 0 Å². The fourth-order valence-electron chi connectivity index (χ4n) is 3.00. The van der Waals surface area contributed by atoms with Crippen LogP contribution in [0.4, 0.5) is 0 Å². The molecule has 3 heteroatoms. The molecule has 1 aliphatic carbocycles. The monoisotopic (exact) mass is 246 g/mol. The molecule has 2 aliphatic rings. The van der Waals surface area contributed by atoms with Crippen molar-refractivity contribution in [2.75, 3.05) is 6.79 Å². The summed E-state index contributed by atoms with van der Waals surface area (Å²) in [6.07, 6.45) is 4.25. The van der Waals surface area contributed by atoms with Crippen LogP contribution in [-0.2, 0) is 4.79 Å². The maximum atomic E-state index is 11.4. The van der Waals surface area contributed by atoms with Gasteiger partial charge in [-0.05, 0) is 56.2 Å². The number of fused-ring (bicyclic) bond motifs is 1. The normalized spacial score (nSPS) is 26.1. The maximum absolute atomic E-state index is 11.4. The molecule has 18 heavy (non-hydrogen) atoms. The van der Waals surface area contributed by atoms with Crippen LogP contribution in [0.3, 0.4) is 0 Å². The average molecular weight is 246 g/mol. The third kappa shape index (κ3) is 2.09. The highest BCUT2D eigenvalue weighted by Crippen LogP contribution is 2.40. The van der Waals surface area contributed by atoms with Crippen LogP contribution in [0.5, 0.6) is 11.5 Å².